The Morgan fingerprint density at radius 3 is 2.92 bits per heavy atom. The van der Waals surface area contributed by atoms with E-state index in [1.165, 1.54) is 0 Å². The number of hydrogen-bond acceptors (Lipinski definition) is 8. The second-order valence-corrected chi connectivity index (χ2v) is 7.33. The molecule has 1 atom stereocenters. The van der Waals surface area contributed by atoms with Gasteiger partial charge in [-0.05, 0) is 13.3 Å². The van der Waals surface area contributed by atoms with Crippen LogP contribution in [0.4, 0.5) is 23.3 Å². The number of rotatable bonds is 9. The van der Waals surface area contributed by atoms with Crippen LogP contribution in [0, 0.1) is 0 Å². The largest absolute Gasteiger partial charge is 0.368 e. The second-order valence-electron chi connectivity index (χ2n) is 5.74. The summed E-state index contributed by atoms with van der Waals surface area (Å²) in [7, 11) is -4.17. The Morgan fingerprint density at radius 2 is 2.25 bits per heavy atom. The lowest BCUT2D eigenvalue weighted by Gasteiger charge is -2.22. The normalized spacial score (nSPS) is 15.1. The Bertz CT molecular complexity index is 610. The minimum atomic E-state index is -4.17. The van der Waals surface area contributed by atoms with Crippen molar-refractivity contribution in [3.05, 3.63) is 0 Å². The van der Waals surface area contributed by atoms with Crippen LogP contribution in [0.2, 0.25) is 0 Å². The van der Waals surface area contributed by atoms with Gasteiger partial charge in [0.15, 0.2) is 11.6 Å². The summed E-state index contributed by atoms with van der Waals surface area (Å²) < 4.78 is 16.1. The highest BCUT2D eigenvalue weighted by molar-refractivity contribution is 7.51. The molecular weight excluding hydrogens is 335 g/mol. The molecular formula is C13H25N6O4P. The zero-order chi connectivity index (χ0) is 17.7. The third kappa shape index (κ3) is 5.20. The predicted octanol–water partition coefficient (Wildman–Crippen LogP) is 1.00. The van der Waals surface area contributed by atoms with E-state index in [2.05, 4.69) is 27.5 Å². The average molecular weight is 360 g/mol. The summed E-state index contributed by atoms with van der Waals surface area (Å²) in [4.78, 5) is 28.2. The highest BCUT2D eigenvalue weighted by atomic mass is 31.2. The van der Waals surface area contributed by atoms with Crippen LogP contribution >= 0.6 is 7.60 Å². The molecule has 2 heterocycles. The van der Waals surface area contributed by atoms with E-state index in [-0.39, 0.29) is 12.1 Å². The minimum Gasteiger partial charge on any atom is -0.368 e. The maximum atomic E-state index is 10.9. The van der Waals surface area contributed by atoms with Crippen molar-refractivity contribution < 1.29 is 19.1 Å². The summed E-state index contributed by atoms with van der Waals surface area (Å²) in [6.07, 6.45) is 1.12. The summed E-state index contributed by atoms with van der Waals surface area (Å²) in [5.41, 5.74) is 6.57. The van der Waals surface area contributed by atoms with Crippen molar-refractivity contribution in [2.45, 2.75) is 32.8 Å². The van der Waals surface area contributed by atoms with Gasteiger partial charge in [0.2, 0.25) is 5.95 Å². The summed E-state index contributed by atoms with van der Waals surface area (Å²) in [5.74, 6) is 1.50. The molecule has 0 saturated heterocycles. The Labute approximate surface area is 141 Å². The van der Waals surface area contributed by atoms with Gasteiger partial charge in [-0.25, -0.2) is 0 Å². The highest BCUT2D eigenvalue weighted by Gasteiger charge is 2.27. The third-order valence-corrected chi connectivity index (χ3v) is 3.97. The summed E-state index contributed by atoms with van der Waals surface area (Å²) in [5, 5.41) is 6.48. The second kappa shape index (κ2) is 7.98. The van der Waals surface area contributed by atoms with Crippen LogP contribution < -0.4 is 21.3 Å². The number of nitrogens with two attached hydrogens (primary N) is 1. The molecule has 0 radical (unpaired) electrons. The molecule has 1 aromatic rings. The molecule has 0 aliphatic carbocycles. The maximum absolute atomic E-state index is 10.9. The van der Waals surface area contributed by atoms with Crippen LogP contribution in [-0.2, 0) is 9.30 Å². The van der Waals surface area contributed by atoms with Crippen LogP contribution in [0.25, 0.3) is 0 Å². The van der Waals surface area contributed by atoms with Crippen molar-refractivity contribution in [1.29, 1.82) is 0 Å². The molecule has 1 aliphatic heterocycles. The molecule has 0 aromatic carbocycles. The van der Waals surface area contributed by atoms with Crippen molar-refractivity contribution >= 4 is 30.9 Å². The van der Waals surface area contributed by atoms with E-state index in [1.807, 2.05) is 4.90 Å². The van der Waals surface area contributed by atoms with Crippen LogP contribution in [-0.4, -0.2) is 52.0 Å². The molecule has 136 valence electrons. The van der Waals surface area contributed by atoms with E-state index in [1.54, 1.807) is 6.92 Å². The Morgan fingerprint density at radius 1 is 1.50 bits per heavy atom. The van der Waals surface area contributed by atoms with Gasteiger partial charge < -0.3 is 35.8 Å². The lowest BCUT2D eigenvalue weighted by molar-refractivity contribution is 0.0931. The molecule has 0 spiro atoms. The minimum absolute atomic E-state index is 0.172. The van der Waals surface area contributed by atoms with E-state index in [9.17, 15) is 4.57 Å². The lowest BCUT2D eigenvalue weighted by Crippen LogP contribution is -2.32. The number of hydrogen-bond donors (Lipinski definition) is 5. The summed E-state index contributed by atoms with van der Waals surface area (Å²) >= 11 is 0. The van der Waals surface area contributed by atoms with Crippen LogP contribution in [0.1, 0.15) is 26.7 Å². The van der Waals surface area contributed by atoms with Gasteiger partial charge in [-0.2, -0.15) is 9.97 Å². The first-order valence-corrected chi connectivity index (χ1v) is 9.66. The molecule has 1 aromatic heterocycles. The van der Waals surface area contributed by atoms with E-state index < -0.39 is 13.9 Å². The highest BCUT2D eigenvalue weighted by Crippen LogP contribution is 2.37. The van der Waals surface area contributed by atoms with E-state index in [4.69, 9.17) is 20.3 Å². The molecule has 0 fully saturated rings. The fourth-order valence-corrected chi connectivity index (χ4v) is 2.81. The number of aromatic nitrogens is 2. The number of anilines is 4. The van der Waals surface area contributed by atoms with Gasteiger partial charge in [0.05, 0.1) is 12.8 Å². The van der Waals surface area contributed by atoms with Gasteiger partial charge in [0, 0.05) is 13.1 Å². The molecule has 0 unspecified atom stereocenters. The fraction of sp³-hybridized carbons (Fsp3) is 0.692. The predicted molar refractivity (Wildman–Crippen MR) is 93.1 cm³/mol. The first-order chi connectivity index (χ1) is 11.3. The lowest BCUT2D eigenvalue weighted by atomic mass is 10.3. The number of fused-ring (bicyclic) bond motifs is 1. The van der Waals surface area contributed by atoms with Gasteiger partial charge in [0.25, 0.3) is 0 Å². The van der Waals surface area contributed by atoms with Gasteiger partial charge in [-0.3, -0.25) is 4.57 Å². The monoisotopic (exact) mass is 360 g/mol. The smallest absolute Gasteiger partial charge is 0.350 e. The summed E-state index contributed by atoms with van der Waals surface area (Å²) in [6.45, 7) is 5.57. The first-order valence-electron chi connectivity index (χ1n) is 7.86. The van der Waals surface area contributed by atoms with E-state index >= 15 is 0 Å². The number of ether oxygens (including phenoxy) is 1. The molecule has 2 rings (SSSR count). The van der Waals surface area contributed by atoms with Gasteiger partial charge in [-0.1, -0.05) is 13.3 Å². The standard InChI is InChI=1S/C13H25N6O4P/c1-3-4-5-15-11-10-12(18-13(14)17-11)19(7-16-10)6-9(2)23-8-24(20,21)22/h9,16H,3-8H2,1-2H3,(H2,20,21,22)(H3,14,15,17,18)/t9-/m1/s1. The molecule has 0 bridgehead atoms. The zero-order valence-electron chi connectivity index (χ0n) is 13.9. The maximum Gasteiger partial charge on any atom is 0.350 e. The first kappa shape index (κ1) is 18.7. The van der Waals surface area contributed by atoms with Gasteiger partial charge in [-0.15, -0.1) is 0 Å². The topological polar surface area (TPSA) is 146 Å². The zero-order valence-corrected chi connectivity index (χ0v) is 14.8. The number of unbranched alkanes of at least 4 members (excludes halogenated alkanes) is 1. The average Bonchev–Trinajstić information content (AvgIpc) is 2.88. The van der Waals surface area contributed by atoms with Crippen LogP contribution in [0.15, 0.2) is 0 Å². The van der Waals surface area contributed by atoms with E-state index in [0.29, 0.717) is 24.8 Å². The third-order valence-electron chi connectivity index (χ3n) is 3.48. The molecule has 11 heteroatoms. The van der Waals surface area contributed by atoms with Crippen molar-refractivity contribution in [3.63, 3.8) is 0 Å². The quantitative estimate of drug-likeness (QED) is 0.319. The van der Waals surface area contributed by atoms with Gasteiger partial charge >= 0.3 is 7.60 Å². The van der Waals surface area contributed by atoms with Crippen molar-refractivity contribution in [3.8, 4) is 0 Å². The summed E-state index contributed by atoms with van der Waals surface area (Å²) in [6, 6.07) is 0. The van der Waals surface area contributed by atoms with Gasteiger partial charge in [0.1, 0.15) is 12.0 Å². The Kier molecular flexibility index (Phi) is 6.22. The number of nitrogen functional groups attached to an aromatic ring is 1. The Hall–Kier alpha value is -1.61. The fourth-order valence-electron chi connectivity index (χ4n) is 2.36. The van der Waals surface area contributed by atoms with E-state index in [0.717, 1.165) is 25.1 Å². The molecule has 10 nitrogen and oxygen atoms in total. The molecule has 0 saturated carbocycles. The molecule has 6 N–H and O–H groups in total. The SMILES string of the molecule is CCCCNc1nc(N)nc2c1NCN2C[C@@H](C)OCP(=O)(O)O. The van der Waals surface area contributed by atoms with Crippen molar-refractivity contribution in [2.24, 2.45) is 0 Å². The number of nitrogens with one attached hydrogen (secondary N) is 2. The molecule has 24 heavy (non-hydrogen) atoms. The Balaban J connectivity index is 2.04. The molecule has 1 aliphatic rings. The molecule has 0 amide bonds. The van der Waals surface area contributed by atoms with Crippen molar-refractivity contribution in [2.75, 3.05) is 47.4 Å². The van der Waals surface area contributed by atoms with Crippen LogP contribution in [0.5, 0.6) is 0 Å². The van der Waals surface area contributed by atoms with Crippen molar-refractivity contribution in [1.82, 2.24) is 9.97 Å². The number of nitrogens with zero attached hydrogens (tertiary/aromatic N) is 3. The van der Waals surface area contributed by atoms with Crippen LogP contribution in [0.3, 0.4) is 0 Å².